The molecule has 1 amide bonds. The standard InChI is InChI=1S/C17H23N3O/c1-2-17(16(18)21)8-5-9-20(12-17)11-13-10-19-15-7-4-3-6-14(13)15/h3-4,6-7,10,19H,2,5,8-9,11-12H2,1H3,(H2,18,21)/t17-/m0/s1. The molecule has 1 aromatic carbocycles. The minimum Gasteiger partial charge on any atom is -0.369 e. The van der Waals surface area contributed by atoms with Crippen LogP contribution in [0.5, 0.6) is 0 Å². The van der Waals surface area contributed by atoms with Crippen molar-refractivity contribution in [2.45, 2.75) is 32.7 Å². The van der Waals surface area contributed by atoms with E-state index < -0.39 is 0 Å². The number of nitrogens with one attached hydrogen (secondary N) is 1. The number of primary amides is 1. The van der Waals surface area contributed by atoms with Crippen molar-refractivity contribution >= 4 is 16.8 Å². The Morgan fingerprint density at radius 3 is 3.00 bits per heavy atom. The number of fused-ring (bicyclic) bond motifs is 1. The summed E-state index contributed by atoms with van der Waals surface area (Å²) in [5.41, 5.74) is 7.79. The fourth-order valence-electron chi connectivity index (χ4n) is 3.53. The molecule has 0 aliphatic carbocycles. The second-order valence-electron chi connectivity index (χ2n) is 6.17. The number of nitrogens with zero attached hydrogens (tertiary/aromatic N) is 1. The van der Waals surface area contributed by atoms with E-state index in [0.717, 1.165) is 38.9 Å². The molecule has 1 fully saturated rings. The maximum Gasteiger partial charge on any atom is 0.224 e. The third-order valence-corrected chi connectivity index (χ3v) is 4.92. The lowest BCUT2D eigenvalue weighted by Crippen LogP contribution is -2.49. The molecule has 2 aromatic rings. The molecule has 0 spiro atoms. The molecule has 3 rings (SSSR count). The Kier molecular flexibility index (Phi) is 3.72. The summed E-state index contributed by atoms with van der Waals surface area (Å²) in [7, 11) is 0. The SMILES string of the molecule is CC[C@]1(C(N)=O)CCCN(Cc2c[nH]c3ccccc23)C1. The number of H-pyrrole nitrogens is 1. The maximum absolute atomic E-state index is 11.9. The summed E-state index contributed by atoms with van der Waals surface area (Å²) in [6.07, 6.45) is 4.87. The van der Waals surface area contributed by atoms with E-state index in [1.807, 2.05) is 6.07 Å². The van der Waals surface area contributed by atoms with E-state index in [-0.39, 0.29) is 11.3 Å². The van der Waals surface area contributed by atoms with Crippen LogP contribution in [-0.2, 0) is 11.3 Å². The average molecular weight is 285 g/mol. The van der Waals surface area contributed by atoms with Gasteiger partial charge in [-0.25, -0.2) is 0 Å². The van der Waals surface area contributed by atoms with Crippen LogP contribution in [0.3, 0.4) is 0 Å². The summed E-state index contributed by atoms with van der Waals surface area (Å²) in [4.78, 5) is 17.5. The molecule has 112 valence electrons. The van der Waals surface area contributed by atoms with E-state index in [0.29, 0.717) is 0 Å². The van der Waals surface area contributed by atoms with E-state index in [1.54, 1.807) is 0 Å². The number of nitrogens with two attached hydrogens (primary N) is 1. The van der Waals surface area contributed by atoms with Crippen LogP contribution in [-0.4, -0.2) is 28.9 Å². The highest BCUT2D eigenvalue weighted by atomic mass is 16.1. The number of piperidine rings is 1. The summed E-state index contributed by atoms with van der Waals surface area (Å²) < 4.78 is 0. The number of aromatic amines is 1. The first kappa shape index (κ1) is 14.1. The molecule has 2 heterocycles. The Labute approximate surface area is 125 Å². The van der Waals surface area contributed by atoms with Gasteiger partial charge in [0.2, 0.25) is 5.91 Å². The molecule has 0 bridgehead atoms. The third-order valence-electron chi connectivity index (χ3n) is 4.92. The number of rotatable bonds is 4. The molecule has 1 aliphatic rings. The maximum atomic E-state index is 11.9. The van der Waals surface area contributed by atoms with Gasteiger partial charge in [0.15, 0.2) is 0 Å². The van der Waals surface area contributed by atoms with Gasteiger partial charge in [-0.1, -0.05) is 25.1 Å². The van der Waals surface area contributed by atoms with Crippen molar-refractivity contribution in [3.63, 3.8) is 0 Å². The van der Waals surface area contributed by atoms with E-state index in [2.05, 4.69) is 41.2 Å². The van der Waals surface area contributed by atoms with Crippen LogP contribution in [0.4, 0.5) is 0 Å². The van der Waals surface area contributed by atoms with Crippen LogP contribution in [0.15, 0.2) is 30.5 Å². The lowest BCUT2D eigenvalue weighted by atomic mass is 9.77. The number of aromatic nitrogens is 1. The monoisotopic (exact) mass is 285 g/mol. The number of carbonyl (C=O) groups excluding carboxylic acids is 1. The normalized spacial score (nSPS) is 23.5. The highest BCUT2D eigenvalue weighted by molar-refractivity contribution is 5.83. The molecule has 1 aliphatic heterocycles. The first-order valence-corrected chi connectivity index (χ1v) is 7.72. The Hall–Kier alpha value is -1.81. The fraction of sp³-hybridized carbons (Fsp3) is 0.471. The first-order chi connectivity index (χ1) is 10.1. The Bertz CT molecular complexity index is 648. The van der Waals surface area contributed by atoms with Crippen molar-refractivity contribution in [2.75, 3.05) is 13.1 Å². The van der Waals surface area contributed by atoms with Crippen molar-refractivity contribution in [1.29, 1.82) is 0 Å². The molecule has 1 aromatic heterocycles. The summed E-state index contributed by atoms with van der Waals surface area (Å²) in [6, 6.07) is 8.34. The number of likely N-dealkylation sites (tertiary alicyclic amines) is 1. The Morgan fingerprint density at radius 2 is 2.24 bits per heavy atom. The second kappa shape index (κ2) is 5.53. The molecule has 1 atom stereocenters. The van der Waals surface area contributed by atoms with E-state index in [4.69, 9.17) is 5.73 Å². The number of para-hydroxylation sites is 1. The number of benzene rings is 1. The van der Waals surface area contributed by atoms with E-state index in [1.165, 1.54) is 16.5 Å². The van der Waals surface area contributed by atoms with Crippen LogP contribution in [0.1, 0.15) is 31.7 Å². The topological polar surface area (TPSA) is 62.1 Å². The zero-order valence-electron chi connectivity index (χ0n) is 12.6. The highest BCUT2D eigenvalue weighted by Gasteiger charge is 2.39. The van der Waals surface area contributed by atoms with Gasteiger partial charge in [-0.3, -0.25) is 9.69 Å². The quantitative estimate of drug-likeness (QED) is 0.907. The van der Waals surface area contributed by atoms with Gasteiger partial charge in [-0.15, -0.1) is 0 Å². The molecule has 3 N–H and O–H groups in total. The van der Waals surface area contributed by atoms with Gasteiger partial charge < -0.3 is 10.7 Å². The van der Waals surface area contributed by atoms with Crippen LogP contribution < -0.4 is 5.73 Å². The van der Waals surface area contributed by atoms with Crippen molar-refractivity contribution in [1.82, 2.24) is 9.88 Å². The van der Waals surface area contributed by atoms with E-state index in [9.17, 15) is 4.79 Å². The van der Waals surface area contributed by atoms with Gasteiger partial charge >= 0.3 is 0 Å². The van der Waals surface area contributed by atoms with Crippen LogP contribution in [0, 0.1) is 5.41 Å². The van der Waals surface area contributed by atoms with Crippen LogP contribution in [0.25, 0.3) is 10.9 Å². The molecular weight excluding hydrogens is 262 g/mol. The molecule has 0 radical (unpaired) electrons. The van der Waals surface area contributed by atoms with Crippen molar-refractivity contribution in [3.05, 3.63) is 36.0 Å². The van der Waals surface area contributed by atoms with Crippen LogP contribution >= 0.6 is 0 Å². The van der Waals surface area contributed by atoms with Gasteiger partial charge in [0.1, 0.15) is 0 Å². The average Bonchev–Trinajstić information content (AvgIpc) is 2.90. The van der Waals surface area contributed by atoms with Crippen LogP contribution in [0.2, 0.25) is 0 Å². The minimum atomic E-state index is -0.343. The van der Waals surface area contributed by atoms with Gasteiger partial charge in [-0.2, -0.15) is 0 Å². The highest BCUT2D eigenvalue weighted by Crippen LogP contribution is 2.34. The Morgan fingerprint density at radius 1 is 1.43 bits per heavy atom. The lowest BCUT2D eigenvalue weighted by Gasteiger charge is -2.40. The van der Waals surface area contributed by atoms with Gasteiger partial charge in [0, 0.05) is 30.2 Å². The molecule has 4 nitrogen and oxygen atoms in total. The molecule has 21 heavy (non-hydrogen) atoms. The molecule has 0 saturated carbocycles. The van der Waals surface area contributed by atoms with Gasteiger partial charge in [0.25, 0.3) is 0 Å². The number of hydrogen-bond donors (Lipinski definition) is 2. The van der Waals surface area contributed by atoms with Gasteiger partial charge in [0.05, 0.1) is 5.41 Å². The molecule has 0 unspecified atom stereocenters. The molecular formula is C17H23N3O. The van der Waals surface area contributed by atoms with Crippen molar-refractivity contribution in [3.8, 4) is 0 Å². The minimum absolute atomic E-state index is 0.145. The number of hydrogen-bond acceptors (Lipinski definition) is 2. The summed E-state index contributed by atoms with van der Waals surface area (Å²) in [5, 5.41) is 1.27. The number of amides is 1. The smallest absolute Gasteiger partial charge is 0.224 e. The molecule has 4 heteroatoms. The molecule has 1 saturated heterocycles. The second-order valence-corrected chi connectivity index (χ2v) is 6.17. The first-order valence-electron chi connectivity index (χ1n) is 7.72. The third kappa shape index (κ3) is 2.56. The summed E-state index contributed by atoms with van der Waals surface area (Å²) >= 11 is 0. The number of carbonyl (C=O) groups is 1. The predicted octanol–water partition coefficient (Wildman–Crippen LogP) is 2.65. The lowest BCUT2D eigenvalue weighted by molar-refractivity contribution is -0.131. The summed E-state index contributed by atoms with van der Waals surface area (Å²) in [6.45, 7) is 4.76. The van der Waals surface area contributed by atoms with Crippen molar-refractivity contribution in [2.24, 2.45) is 11.1 Å². The zero-order valence-corrected chi connectivity index (χ0v) is 12.6. The fourth-order valence-corrected chi connectivity index (χ4v) is 3.53. The largest absolute Gasteiger partial charge is 0.369 e. The van der Waals surface area contributed by atoms with Crippen molar-refractivity contribution < 1.29 is 4.79 Å². The zero-order chi connectivity index (χ0) is 14.9. The predicted molar refractivity (Wildman–Crippen MR) is 84.7 cm³/mol. The van der Waals surface area contributed by atoms with Gasteiger partial charge in [-0.05, 0) is 37.4 Å². The Balaban J connectivity index is 1.80. The van der Waals surface area contributed by atoms with E-state index >= 15 is 0 Å². The summed E-state index contributed by atoms with van der Waals surface area (Å²) in [5.74, 6) is -0.145.